The van der Waals surface area contributed by atoms with E-state index in [0.717, 1.165) is 9.88 Å². The highest BCUT2D eigenvalue weighted by atomic mass is 32.1. The largest absolute Gasteiger partial charge is 0.483 e. The summed E-state index contributed by atoms with van der Waals surface area (Å²) < 4.78 is 0. The molecule has 78 valence electrons. The van der Waals surface area contributed by atoms with Crippen molar-refractivity contribution in [3.05, 3.63) is 16.1 Å². The lowest BCUT2D eigenvalue weighted by Gasteiger charge is -1.92. The van der Waals surface area contributed by atoms with Crippen LogP contribution in [0.25, 0.3) is 0 Å². The summed E-state index contributed by atoms with van der Waals surface area (Å²) >= 11 is 1.53. The molecule has 0 unspecified atom stereocenters. The number of hydrogen-bond acceptors (Lipinski definition) is 5. The molecule has 0 amide bonds. The molecule has 0 aliphatic rings. The first kappa shape index (κ1) is 12.4. The number of rotatable bonds is 2. The second-order valence-corrected chi connectivity index (χ2v) is 3.30. The number of carbonyl (C=O) groups is 1. The van der Waals surface area contributed by atoms with E-state index in [1.165, 1.54) is 11.3 Å². The number of thiazole rings is 1. The number of nitrogens with one attached hydrogen (secondary N) is 1. The molecule has 0 aliphatic heterocycles. The van der Waals surface area contributed by atoms with Crippen molar-refractivity contribution < 1.29 is 9.90 Å². The van der Waals surface area contributed by atoms with Gasteiger partial charge in [-0.3, -0.25) is 4.79 Å². The lowest BCUT2D eigenvalue weighted by molar-refractivity contribution is -0.122. The molecule has 0 atom stereocenters. The third kappa shape index (κ3) is 4.41. The fraction of sp³-hybridized carbons (Fsp3) is 0.286. The minimum Gasteiger partial charge on any atom is -0.483 e. The van der Waals surface area contributed by atoms with Crippen molar-refractivity contribution in [1.29, 1.82) is 0 Å². The first-order valence-electron chi connectivity index (χ1n) is 3.66. The number of hydrazone groups is 1. The Morgan fingerprint density at radius 3 is 2.79 bits per heavy atom. The van der Waals surface area contributed by atoms with Gasteiger partial charge in [-0.25, -0.2) is 4.98 Å². The summed E-state index contributed by atoms with van der Waals surface area (Å²) in [4.78, 5) is 13.3. The van der Waals surface area contributed by atoms with E-state index in [-0.39, 0.29) is 6.47 Å². The number of nitrogens with zero attached hydrogens (tertiary/aromatic N) is 2. The maximum atomic E-state index is 8.36. The lowest BCUT2D eigenvalue weighted by Crippen LogP contribution is -2.15. The highest BCUT2D eigenvalue weighted by molar-refractivity contribution is 7.13. The average molecular weight is 216 g/mol. The molecule has 0 saturated heterocycles. The third-order valence-corrected chi connectivity index (χ3v) is 2.04. The monoisotopic (exact) mass is 216 g/mol. The first-order chi connectivity index (χ1) is 6.65. The van der Waals surface area contributed by atoms with Crippen LogP contribution in [0.3, 0.4) is 0 Å². The zero-order valence-corrected chi connectivity index (χ0v) is 8.71. The summed E-state index contributed by atoms with van der Waals surface area (Å²) in [5.74, 6) is 0.484. The van der Waals surface area contributed by atoms with Gasteiger partial charge in [0.25, 0.3) is 6.47 Å². The topological polar surface area (TPSA) is 101 Å². The molecule has 1 heterocycles. The molecule has 6 nitrogen and oxygen atoms in total. The molecule has 14 heavy (non-hydrogen) atoms. The van der Waals surface area contributed by atoms with Crippen LogP contribution >= 0.6 is 11.3 Å². The Bertz CT molecular complexity index is 310. The van der Waals surface area contributed by atoms with Gasteiger partial charge in [-0.2, -0.15) is 5.10 Å². The number of nitrogens with two attached hydrogens (primary N) is 1. The van der Waals surface area contributed by atoms with Gasteiger partial charge >= 0.3 is 0 Å². The number of carboxylic acid groups (broad SMARTS) is 1. The smallest absolute Gasteiger partial charge is 0.290 e. The fourth-order valence-corrected chi connectivity index (χ4v) is 1.33. The maximum absolute atomic E-state index is 8.36. The first-order valence-corrected chi connectivity index (χ1v) is 4.48. The van der Waals surface area contributed by atoms with E-state index in [0.29, 0.717) is 5.84 Å². The van der Waals surface area contributed by atoms with Crippen LogP contribution in [-0.2, 0) is 4.79 Å². The standard InChI is InChI=1S/C6H10N4S.CH2O2/c1-4-9-3-5(11-4)6(7)10-8-2;2-1-3/h3,8H,1-2H3,(H2,7,10);1H,(H,2,3). The van der Waals surface area contributed by atoms with Crippen LogP contribution in [0.5, 0.6) is 0 Å². The lowest BCUT2D eigenvalue weighted by atomic mass is 10.5. The van der Waals surface area contributed by atoms with Gasteiger partial charge in [0.05, 0.1) is 9.88 Å². The van der Waals surface area contributed by atoms with Crippen molar-refractivity contribution in [2.24, 2.45) is 10.8 Å². The molecular weight excluding hydrogens is 204 g/mol. The molecule has 1 aromatic rings. The minimum absolute atomic E-state index is 0.250. The quantitative estimate of drug-likeness (QED) is 0.279. The van der Waals surface area contributed by atoms with Gasteiger partial charge < -0.3 is 16.3 Å². The molecule has 1 rings (SSSR count). The van der Waals surface area contributed by atoms with E-state index >= 15 is 0 Å². The van der Waals surface area contributed by atoms with Crippen molar-refractivity contribution >= 4 is 23.6 Å². The van der Waals surface area contributed by atoms with Crippen LogP contribution in [-0.4, -0.2) is 29.4 Å². The molecular formula is C7H12N4O2S. The van der Waals surface area contributed by atoms with Gasteiger partial charge in [-0.1, -0.05) is 0 Å². The van der Waals surface area contributed by atoms with Crippen LogP contribution in [0.1, 0.15) is 9.88 Å². The van der Waals surface area contributed by atoms with E-state index in [1.807, 2.05) is 6.92 Å². The summed E-state index contributed by atoms with van der Waals surface area (Å²) in [6, 6.07) is 0. The fourth-order valence-electron chi connectivity index (χ4n) is 0.655. The predicted octanol–water partition coefficient (Wildman–Crippen LogP) is -0.00798. The van der Waals surface area contributed by atoms with Crippen LogP contribution < -0.4 is 11.2 Å². The van der Waals surface area contributed by atoms with Gasteiger partial charge in [0, 0.05) is 13.2 Å². The normalized spacial score (nSPS) is 10.0. The number of aromatic nitrogens is 1. The van der Waals surface area contributed by atoms with E-state index in [4.69, 9.17) is 15.6 Å². The molecule has 0 bridgehead atoms. The van der Waals surface area contributed by atoms with E-state index in [2.05, 4.69) is 15.5 Å². The Labute approximate surface area is 85.5 Å². The summed E-state index contributed by atoms with van der Waals surface area (Å²) in [5.41, 5.74) is 8.19. The Morgan fingerprint density at radius 2 is 2.43 bits per heavy atom. The van der Waals surface area contributed by atoms with E-state index in [1.54, 1.807) is 13.2 Å². The molecule has 0 aliphatic carbocycles. The van der Waals surface area contributed by atoms with E-state index in [9.17, 15) is 0 Å². The molecule has 0 saturated carbocycles. The molecule has 7 heteroatoms. The van der Waals surface area contributed by atoms with Crippen LogP contribution in [0, 0.1) is 6.92 Å². The van der Waals surface area contributed by atoms with Crippen LogP contribution in [0.2, 0.25) is 0 Å². The second-order valence-electron chi connectivity index (χ2n) is 2.07. The van der Waals surface area contributed by atoms with Crippen LogP contribution in [0.4, 0.5) is 0 Å². The molecule has 0 radical (unpaired) electrons. The highest BCUT2D eigenvalue weighted by Gasteiger charge is 2.00. The van der Waals surface area contributed by atoms with Crippen molar-refractivity contribution in [3.8, 4) is 0 Å². The number of amidine groups is 1. The SMILES string of the molecule is CNN=C(N)c1cnc(C)s1.O=CO. The van der Waals surface area contributed by atoms with Gasteiger partial charge in [0.15, 0.2) is 5.84 Å². The van der Waals surface area contributed by atoms with Gasteiger partial charge in [0.2, 0.25) is 0 Å². The van der Waals surface area contributed by atoms with Crippen LogP contribution in [0.15, 0.2) is 11.3 Å². The summed E-state index contributed by atoms with van der Waals surface area (Å²) in [7, 11) is 1.71. The van der Waals surface area contributed by atoms with Gasteiger partial charge in [-0.05, 0) is 6.92 Å². The third-order valence-electron chi connectivity index (χ3n) is 1.11. The highest BCUT2D eigenvalue weighted by Crippen LogP contribution is 2.10. The predicted molar refractivity (Wildman–Crippen MR) is 55.3 cm³/mol. The van der Waals surface area contributed by atoms with Crippen molar-refractivity contribution in [2.45, 2.75) is 6.92 Å². The molecule has 0 aromatic carbocycles. The summed E-state index contributed by atoms with van der Waals surface area (Å²) in [6.07, 6.45) is 1.72. The minimum atomic E-state index is -0.250. The van der Waals surface area contributed by atoms with Crippen molar-refractivity contribution in [1.82, 2.24) is 10.4 Å². The van der Waals surface area contributed by atoms with Gasteiger partial charge in [0.1, 0.15) is 0 Å². The Hall–Kier alpha value is -1.63. The van der Waals surface area contributed by atoms with Gasteiger partial charge in [-0.15, -0.1) is 11.3 Å². The van der Waals surface area contributed by atoms with Crippen molar-refractivity contribution in [3.63, 3.8) is 0 Å². The maximum Gasteiger partial charge on any atom is 0.290 e. The average Bonchev–Trinajstić information content (AvgIpc) is 2.54. The summed E-state index contributed by atoms with van der Waals surface area (Å²) in [5, 5.41) is 11.7. The number of aryl methyl sites for hydroxylation is 1. The Morgan fingerprint density at radius 1 is 1.86 bits per heavy atom. The second kappa shape index (κ2) is 6.84. The molecule has 0 spiro atoms. The Balaban J connectivity index is 0.000000500. The summed E-state index contributed by atoms with van der Waals surface area (Å²) in [6.45, 7) is 1.68. The van der Waals surface area contributed by atoms with E-state index < -0.39 is 0 Å². The molecule has 1 aromatic heterocycles. The zero-order chi connectivity index (χ0) is 11.0. The van der Waals surface area contributed by atoms with Crippen molar-refractivity contribution in [2.75, 3.05) is 7.05 Å². The number of hydrogen-bond donors (Lipinski definition) is 3. The Kier molecular flexibility index (Phi) is 6.04. The molecule has 0 fully saturated rings. The molecule has 4 N–H and O–H groups in total. The zero-order valence-electron chi connectivity index (χ0n) is 7.89.